The van der Waals surface area contributed by atoms with Crippen molar-refractivity contribution >= 4 is 15.9 Å². The summed E-state index contributed by atoms with van der Waals surface area (Å²) in [5.74, 6) is 0.387. The Morgan fingerprint density at radius 1 is 1.42 bits per heavy atom. The minimum absolute atomic E-state index is 0.185. The van der Waals surface area contributed by atoms with Gasteiger partial charge in [-0.1, -0.05) is 25.1 Å². The summed E-state index contributed by atoms with van der Waals surface area (Å²) < 4.78 is 28.7. The molecule has 1 fully saturated rings. The maximum absolute atomic E-state index is 12.3. The minimum atomic E-state index is -3.53. The third-order valence-corrected chi connectivity index (χ3v) is 4.88. The molecule has 106 valence electrons. The predicted molar refractivity (Wildman–Crippen MR) is 74.9 cm³/mol. The van der Waals surface area contributed by atoms with Crippen LogP contribution in [0.4, 0.5) is 5.69 Å². The van der Waals surface area contributed by atoms with Gasteiger partial charge in [0.2, 0.25) is 0 Å². The van der Waals surface area contributed by atoms with Gasteiger partial charge in [0, 0.05) is 18.7 Å². The van der Waals surface area contributed by atoms with Crippen molar-refractivity contribution in [2.24, 2.45) is 5.92 Å². The fourth-order valence-electron chi connectivity index (χ4n) is 2.33. The lowest BCUT2D eigenvalue weighted by atomic mass is 10.0. The lowest BCUT2D eigenvalue weighted by molar-refractivity contribution is 0.281. The number of anilines is 1. The molecule has 2 N–H and O–H groups in total. The molecule has 0 spiro atoms. The van der Waals surface area contributed by atoms with Gasteiger partial charge in [-0.15, -0.1) is 0 Å². The molecule has 0 radical (unpaired) electrons. The maximum atomic E-state index is 12.3. The molecule has 1 aliphatic rings. The lowest BCUT2D eigenvalue weighted by Crippen LogP contribution is -2.42. The number of benzene rings is 1. The van der Waals surface area contributed by atoms with Crippen LogP contribution in [0.2, 0.25) is 0 Å². The molecule has 0 aromatic heterocycles. The molecule has 1 atom stereocenters. The van der Waals surface area contributed by atoms with Crippen molar-refractivity contribution in [2.75, 3.05) is 17.8 Å². The Labute approximate surface area is 114 Å². The summed E-state index contributed by atoms with van der Waals surface area (Å²) in [6.45, 7) is 2.98. The van der Waals surface area contributed by atoms with Crippen LogP contribution in [0.5, 0.6) is 0 Å². The largest absolute Gasteiger partial charge is 0.392 e. The van der Waals surface area contributed by atoms with Crippen LogP contribution < -0.4 is 4.72 Å². The van der Waals surface area contributed by atoms with Crippen LogP contribution in [-0.4, -0.2) is 30.9 Å². The van der Waals surface area contributed by atoms with Crippen LogP contribution in [-0.2, 0) is 16.8 Å². The Bertz CT molecular complexity index is 530. The molecule has 1 aliphatic heterocycles. The third kappa shape index (κ3) is 3.46. The molecule has 1 aromatic rings. The standard InChI is InChI=1S/C13H20N2O3S/c1-11-5-4-8-15(9-11)19(17,18)14-13-7-3-2-6-12(13)10-16/h2-3,6-7,11,14,16H,4-5,8-10H2,1H3. The highest BCUT2D eigenvalue weighted by Crippen LogP contribution is 2.22. The van der Waals surface area contributed by atoms with Crippen molar-refractivity contribution in [1.82, 2.24) is 4.31 Å². The molecule has 0 amide bonds. The molecule has 0 saturated carbocycles. The first-order chi connectivity index (χ1) is 9.03. The number of aliphatic hydroxyl groups excluding tert-OH is 1. The van der Waals surface area contributed by atoms with Gasteiger partial charge in [0.1, 0.15) is 0 Å². The number of hydrogen-bond donors (Lipinski definition) is 2. The highest BCUT2D eigenvalue weighted by molar-refractivity contribution is 7.90. The van der Waals surface area contributed by atoms with Gasteiger partial charge in [-0.2, -0.15) is 12.7 Å². The van der Waals surface area contributed by atoms with Gasteiger partial charge in [0.05, 0.1) is 12.3 Å². The predicted octanol–water partition coefficient (Wildman–Crippen LogP) is 1.57. The molecular formula is C13H20N2O3S. The smallest absolute Gasteiger partial charge is 0.301 e. The molecule has 1 unspecified atom stereocenters. The van der Waals surface area contributed by atoms with E-state index in [1.807, 2.05) is 0 Å². The van der Waals surface area contributed by atoms with Crippen molar-refractivity contribution < 1.29 is 13.5 Å². The van der Waals surface area contributed by atoms with Crippen LogP contribution in [0.3, 0.4) is 0 Å². The van der Waals surface area contributed by atoms with Crippen LogP contribution in [0, 0.1) is 5.92 Å². The fraction of sp³-hybridized carbons (Fsp3) is 0.538. The van der Waals surface area contributed by atoms with Gasteiger partial charge in [-0.3, -0.25) is 4.72 Å². The number of aliphatic hydroxyl groups is 1. The van der Waals surface area contributed by atoms with Crippen LogP contribution >= 0.6 is 0 Å². The molecule has 0 bridgehead atoms. The minimum Gasteiger partial charge on any atom is -0.392 e. The zero-order chi connectivity index (χ0) is 13.9. The Morgan fingerprint density at radius 2 is 2.16 bits per heavy atom. The molecule has 19 heavy (non-hydrogen) atoms. The molecule has 1 heterocycles. The summed E-state index contributed by atoms with van der Waals surface area (Å²) in [5, 5.41) is 9.22. The first kappa shape index (κ1) is 14.3. The topological polar surface area (TPSA) is 69.6 Å². The van der Waals surface area contributed by atoms with Crippen molar-refractivity contribution in [1.29, 1.82) is 0 Å². The summed E-state index contributed by atoms with van der Waals surface area (Å²) in [6, 6.07) is 6.88. The zero-order valence-electron chi connectivity index (χ0n) is 11.0. The zero-order valence-corrected chi connectivity index (χ0v) is 11.9. The van der Waals surface area contributed by atoms with Gasteiger partial charge in [0.25, 0.3) is 0 Å². The van der Waals surface area contributed by atoms with E-state index in [0.717, 1.165) is 12.8 Å². The summed E-state index contributed by atoms with van der Waals surface area (Å²) in [4.78, 5) is 0. The number of para-hydroxylation sites is 1. The Balaban J connectivity index is 2.16. The van der Waals surface area contributed by atoms with Gasteiger partial charge < -0.3 is 5.11 Å². The summed E-state index contributed by atoms with van der Waals surface area (Å²) in [5.41, 5.74) is 1.03. The number of hydrogen-bond acceptors (Lipinski definition) is 3. The summed E-state index contributed by atoms with van der Waals surface area (Å²) in [6.07, 6.45) is 1.96. The number of piperidine rings is 1. The molecule has 1 aromatic carbocycles. The normalized spacial score (nSPS) is 21.3. The van der Waals surface area contributed by atoms with E-state index < -0.39 is 10.2 Å². The van der Waals surface area contributed by atoms with E-state index in [4.69, 9.17) is 0 Å². The monoisotopic (exact) mass is 284 g/mol. The van der Waals surface area contributed by atoms with Crippen LogP contribution in [0.15, 0.2) is 24.3 Å². The number of nitrogens with one attached hydrogen (secondary N) is 1. The molecule has 5 nitrogen and oxygen atoms in total. The van der Waals surface area contributed by atoms with Gasteiger partial charge in [-0.25, -0.2) is 0 Å². The first-order valence-corrected chi connectivity index (χ1v) is 7.93. The average Bonchev–Trinajstić information content (AvgIpc) is 2.39. The Morgan fingerprint density at radius 3 is 2.84 bits per heavy atom. The van der Waals surface area contributed by atoms with E-state index in [9.17, 15) is 13.5 Å². The molecule has 2 rings (SSSR count). The molecule has 1 saturated heterocycles. The van der Waals surface area contributed by atoms with Crippen LogP contribution in [0.25, 0.3) is 0 Å². The SMILES string of the molecule is CC1CCCN(S(=O)(=O)Nc2ccccc2CO)C1. The van der Waals surface area contributed by atoms with Gasteiger partial charge >= 0.3 is 10.2 Å². The van der Waals surface area contributed by atoms with Crippen LogP contribution in [0.1, 0.15) is 25.3 Å². The van der Waals surface area contributed by atoms with Crippen molar-refractivity contribution in [3.05, 3.63) is 29.8 Å². The van der Waals surface area contributed by atoms with Crippen molar-refractivity contribution in [3.63, 3.8) is 0 Å². The van der Waals surface area contributed by atoms with E-state index in [0.29, 0.717) is 30.3 Å². The van der Waals surface area contributed by atoms with E-state index in [1.165, 1.54) is 4.31 Å². The van der Waals surface area contributed by atoms with E-state index in [-0.39, 0.29) is 6.61 Å². The first-order valence-electron chi connectivity index (χ1n) is 6.49. The highest BCUT2D eigenvalue weighted by Gasteiger charge is 2.27. The number of rotatable bonds is 4. The van der Waals surface area contributed by atoms with Crippen molar-refractivity contribution in [3.8, 4) is 0 Å². The summed E-state index contributed by atoms with van der Waals surface area (Å²) in [7, 11) is -3.53. The van der Waals surface area contributed by atoms with E-state index in [2.05, 4.69) is 11.6 Å². The lowest BCUT2D eigenvalue weighted by Gasteiger charge is -2.30. The fourth-order valence-corrected chi connectivity index (χ4v) is 3.75. The Hall–Kier alpha value is -1.11. The molecule has 6 heteroatoms. The van der Waals surface area contributed by atoms with Crippen molar-refractivity contribution in [2.45, 2.75) is 26.4 Å². The maximum Gasteiger partial charge on any atom is 0.301 e. The Kier molecular flexibility index (Phi) is 4.44. The molecule has 0 aliphatic carbocycles. The summed E-state index contributed by atoms with van der Waals surface area (Å²) >= 11 is 0. The quantitative estimate of drug-likeness (QED) is 0.881. The number of nitrogens with zero attached hydrogens (tertiary/aromatic N) is 1. The second kappa shape index (κ2) is 5.90. The van der Waals surface area contributed by atoms with Gasteiger partial charge in [-0.05, 0) is 24.8 Å². The van der Waals surface area contributed by atoms with Gasteiger partial charge in [0.15, 0.2) is 0 Å². The second-order valence-corrected chi connectivity index (χ2v) is 6.70. The highest BCUT2D eigenvalue weighted by atomic mass is 32.2. The average molecular weight is 284 g/mol. The second-order valence-electron chi connectivity index (χ2n) is 5.03. The molecular weight excluding hydrogens is 264 g/mol. The third-order valence-electron chi connectivity index (χ3n) is 3.39. The van der Waals surface area contributed by atoms with E-state index in [1.54, 1.807) is 24.3 Å². The van der Waals surface area contributed by atoms with E-state index >= 15 is 0 Å².